The summed E-state index contributed by atoms with van der Waals surface area (Å²) >= 11 is 0. The maximum Gasteiger partial charge on any atom is 0.330 e. The summed E-state index contributed by atoms with van der Waals surface area (Å²) in [4.78, 5) is 28.3. The fourth-order valence-electron chi connectivity index (χ4n) is 2.45. The Labute approximate surface area is 133 Å². The largest absolute Gasteiger partial charge is 0.383 e. The molecule has 0 amide bonds. The first-order valence-electron chi connectivity index (χ1n) is 7.77. The number of aryl methyl sites for hydroxylation is 1. The monoisotopic (exact) mass is 321 g/mol. The molecule has 0 radical (unpaired) electrons. The van der Waals surface area contributed by atoms with Crippen molar-refractivity contribution in [3.63, 3.8) is 0 Å². The van der Waals surface area contributed by atoms with Crippen molar-refractivity contribution in [1.82, 2.24) is 14.7 Å². The van der Waals surface area contributed by atoms with Crippen LogP contribution in [0.15, 0.2) is 20.2 Å². The van der Waals surface area contributed by atoms with Crippen molar-refractivity contribution in [2.24, 2.45) is 0 Å². The Morgan fingerprint density at radius 1 is 1.39 bits per heavy atom. The molecule has 0 bridgehead atoms. The Balaban J connectivity index is 2.42. The number of aromatic amines is 1. The summed E-state index contributed by atoms with van der Waals surface area (Å²) in [6.45, 7) is 7.14. The molecule has 0 saturated carbocycles. The molecule has 0 unspecified atom stereocenters. The van der Waals surface area contributed by atoms with Crippen LogP contribution in [0, 0.1) is 6.92 Å². The van der Waals surface area contributed by atoms with E-state index in [1.807, 2.05) is 20.8 Å². The SMILES string of the molecule is CCCCn1c(N)c(N(CC)Cc2cc(C)no2)c(=O)[nH]c1=O. The minimum atomic E-state index is -0.488. The molecular formula is C15H23N5O3. The van der Waals surface area contributed by atoms with Crippen LogP contribution in [-0.2, 0) is 13.1 Å². The number of nitrogens with two attached hydrogens (primary N) is 1. The van der Waals surface area contributed by atoms with Crippen LogP contribution in [0.3, 0.4) is 0 Å². The highest BCUT2D eigenvalue weighted by Gasteiger charge is 2.19. The van der Waals surface area contributed by atoms with E-state index >= 15 is 0 Å². The third-order valence-electron chi connectivity index (χ3n) is 3.67. The standard InChI is InChI=1S/C15H23N5O3/c1-4-6-7-20-13(16)12(14(21)17-15(20)22)19(5-2)9-11-8-10(3)18-23-11/h8H,4-7,9,16H2,1-3H3,(H,17,21,22). The highest BCUT2D eigenvalue weighted by molar-refractivity contribution is 5.62. The number of nitrogen functional groups attached to an aromatic ring is 1. The van der Waals surface area contributed by atoms with E-state index in [2.05, 4.69) is 10.1 Å². The Bertz CT molecular complexity index is 774. The van der Waals surface area contributed by atoms with Crippen molar-refractivity contribution in [2.45, 2.75) is 46.7 Å². The zero-order valence-electron chi connectivity index (χ0n) is 13.8. The lowest BCUT2D eigenvalue weighted by molar-refractivity contribution is 0.378. The number of unbranched alkanes of at least 4 members (excludes halogenated alkanes) is 1. The number of anilines is 2. The minimum Gasteiger partial charge on any atom is -0.383 e. The molecule has 23 heavy (non-hydrogen) atoms. The van der Waals surface area contributed by atoms with E-state index in [0.717, 1.165) is 18.5 Å². The van der Waals surface area contributed by atoms with E-state index in [-0.39, 0.29) is 11.5 Å². The molecule has 0 fully saturated rings. The lowest BCUT2D eigenvalue weighted by Gasteiger charge is -2.23. The van der Waals surface area contributed by atoms with Gasteiger partial charge in [0.1, 0.15) is 11.5 Å². The number of nitrogens with one attached hydrogen (secondary N) is 1. The summed E-state index contributed by atoms with van der Waals surface area (Å²) in [5, 5.41) is 3.84. The Morgan fingerprint density at radius 3 is 2.70 bits per heavy atom. The minimum absolute atomic E-state index is 0.185. The first-order chi connectivity index (χ1) is 11.0. The van der Waals surface area contributed by atoms with Crippen molar-refractivity contribution < 1.29 is 4.52 Å². The van der Waals surface area contributed by atoms with Gasteiger partial charge in [-0.15, -0.1) is 0 Å². The number of aromatic nitrogens is 3. The summed E-state index contributed by atoms with van der Waals surface area (Å²) in [7, 11) is 0. The summed E-state index contributed by atoms with van der Waals surface area (Å²) in [5.74, 6) is 0.819. The molecule has 0 aromatic carbocycles. The van der Waals surface area contributed by atoms with Crippen molar-refractivity contribution in [2.75, 3.05) is 17.2 Å². The lowest BCUT2D eigenvalue weighted by atomic mass is 10.3. The molecule has 8 heteroatoms. The van der Waals surface area contributed by atoms with Gasteiger partial charge in [0.05, 0.1) is 12.2 Å². The quantitative estimate of drug-likeness (QED) is 0.794. The van der Waals surface area contributed by atoms with Gasteiger partial charge in [-0.1, -0.05) is 18.5 Å². The third kappa shape index (κ3) is 3.64. The third-order valence-corrected chi connectivity index (χ3v) is 3.67. The highest BCUT2D eigenvalue weighted by atomic mass is 16.5. The van der Waals surface area contributed by atoms with Crippen LogP contribution < -0.4 is 21.9 Å². The predicted molar refractivity (Wildman–Crippen MR) is 88.6 cm³/mol. The predicted octanol–water partition coefficient (Wildman–Crippen LogP) is 1.24. The topological polar surface area (TPSA) is 110 Å². The van der Waals surface area contributed by atoms with E-state index in [9.17, 15) is 9.59 Å². The van der Waals surface area contributed by atoms with E-state index in [1.54, 1.807) is 11.0 Å². The first kappa shape index (κ1) is 16.9. The second-order valence-electron chi connectivity index (χ2n) is 5.45. The molecule has 3 N–H and O–H groups in total. The molecule has 2 heterocycles. The zero-order valence-corrected chi connectivity index (χ0v) is 13.8. The van der Waals surface area contributed by atoms with Crippen molar-refractivity contribution in [3.05, 3.63) is 38.4 Å². The smallest absolute Gasteiger partial charge is 0.330 e. The van der Waals surface area contributed by atoms with Gasteiger partial charge in [-0.3, -0.25) is 14.3 Å². The van der Waals surface area contributed by atoms with Gasteiger partial charge in [-0.2, -0.15) is 0 Å². The fourth-order valence-corrected chi connectivity index (χ4v) is 2.45. The van der Waals surface area contributed by atoms with Crippen LogP contribution >= 0.6 is 0 Å². The van der Waals surface area contributed by atoms with Crippen molar-refractivity contribution >= 4 is 11.5 Å². The van der Waals surface area contributed by atoms with Gasteiger partial charge in [0.2, 0.25) is 0 Å². The van der Waals surface area contributed by atoms with E-state index in [0.29, 0.717) is 25.4 Å². The number of nitrogens with zero attached hydrogens (tertiary/aromatic N) is 3. The van der Waals surface area contributed by atoms with Gasteiger partial charge in [-0.25, -0.2) is 4.79 Å². The summed E-state index contributed by atoms with van der Waals surface area (Å²) < 4.78 is 6.61. The number of hydrogen-bond donors (Lipinski definition) is 2. The number of rotatable bonds is 7. The van der Waals surface area contributed by atoms with Crippen LogP contribution in [-0.4, -0.2) is 21.3 Å². The number of H-pyrrole nitrogens is 1. The van der Waals surface area contributed by atoms with Gasteiger partial charge in [-0.05, 0) is 20.3 Å². The molecule has 0 spiro atoms. The Morgan fingerprint density at radius 2 is 2.13 bits per heavy atom. The summed E-state index contributed by atoms with van der Waals surface area (Å²) in [6, 6.07) is 1.81. The van der Waals surface area contributed by atoms with Gasteiger partial charge >= 0.3 is 5.69 Å². The molecule has 8 nitrogen and oxygen atoms in total. The van der Waals surface area contributed by atoms with Crippen LogP contribution in [0.1, 0.15) is 38.1 Å². The molecule has 0 saturated heterocycles. The highest BCUT2D eigenvalue weighted by Crippen LogP contribution is 2.19. The normalized spacial score (nSPS) is 10.9. The van der Waals surface area contributed by atoms with E-state index < -0.39 is 11.2 Å². The number of hydrogen-bond acceptors (Lipinski definition) is 6. The summed E-state index contributed by atoms with van der Waals surface area (Å²) in [6.07, 6.45) is 1.73. The molecule has 2 aromatic heterocycles. The maximum absolute atomic E-state index is 12.2. The van der Waals surface area contributed by atoms with E-state index in [1.165, 1.54) is 4.57 Å². The van der Waals surface area contributed by atoms with Gasteiger partial charge in [0, 0.05) is 19.2 Å². The first-order valence-corrected chi connectivity index (χ1v) is 7.77. The molecule has 0 aliphatic rings. The average molecular weight is 321 g/mol. The molecular weight excluding hydrogens is 298 g/mol. The Hall–Kier alpha value is -2.51. The molecule has 0 aliphatic heterocycles. The second kappa shape index (κ2) is 7.17. The summed E-state index contributed by atoms with van der Waals surface area (Å²) in [5.41, 5.74) is 6.21. The second-order valence-corrected chi connectivity index (χ2v) is 5.45. The lowest BCUT2D eigenvalue weighted by Crippen LogP contribution is -2.38. The van der Waals surface area contributed by atoms with Crippen LogP contribution in [0.2, 0.25) is 0 Å². The van der Waals surface area contributed by atoms with Crippen molar-refractivity contribution in [3.8, 4) is 0 Å². The van der Waals surface area contributed by atoms with Crippen molar-refractivity contribution in [1.29, 1.82) is 0 Å². The average Bonchev–Trinajstić information content (AvgIpc) is 2.91. The van der Waals surface area contributed by atoms with Gasteiger partial charge in [0.15, 0.2) is 5.76 Å². The molecule has 2 rings (SSSR count). The molecule has 0 aliphatic carbocycles. The molecule has 0 atom stereocenters. The van der Waals surface area contributed by atoms with Crippen LogP contribution in [0.5, 0.6) is 0 Å². The van der Waals surface area contributed by atoms with E-state index in [4.69, 9.17) is 10.3 Å². The van der Waals surface area contributed by atoms with Crippen LogP contribution in [0.25, 0.3) is 0 Å². The molecule has 126 valence electrons. The fraction of sp³-hybridized carbons (Fsp3) is 0.533. The Kier molecular flexibility index (Phi) is 5.25. The van der Waals surface area contributed by atoms with Crippen LogP contribution in [0.4, 0.5) is 11.5 Å². The zero-order chi connectivity index (χ0) is 17.0. The van der Waals surface area contributed by atoms with Gasteiger partial charge in [0.25, 0.3) is 5.56 Å². The molecule has 2 aromatic rings. The maximum atomic E-state index is 12.2. The van der Waals surface area contributed by atoms with Gasteiger partial charge < -0.3 is 15.2 Å².